The first-order chi connectivity index (χ1) is 12.1. The van der Waals surface area contributed by atoms with Gasteiger partial charge in [0.2, 0.25) is 5.84 Å². The van der Waals surface area contributed by atoms with Crippen molar-refractivity contribution in [3.8, 4) is 0 Å². The van der Waals surface area contributed by atoms with Crippen LogP contribution < -0.4 is 15.8 Å². The summed E-state index contributed by atoms with van der Waals surface area (Å²) in [7, 11) is 0. The van der Waals surface area contributed by atoms with Gasteiger partial charge in [0.1, 0.15) is 6.54 Å². The number of nitrogens with zero attached hydrogens (tertiary/aromatic N) is 3. The molecule has 0 fully saturated rings. The molecule has 0 unspecified atom stereocenters. The minimum Gasteiger partial charge on any atom is -0.349 e. The summed E-state index contributed by atoms with van der Waals surface area (Å²) >= 11 is 0. The Morgan fingerprint density at radius 3 is 2.80 bits per heavy atom. The van der Waals surface area contributed by atoms with Gasteiger partial charge >= 0.3 is 0 Å². The third kappa shape index (κ3) is 4.20. The minimum atomic E-state index is -0.339. The molecule has 3 rings (SSSR count). The van der Waals surface area contributed by atoms with Gasteiger partial charge in [-0.15, -0.1) is 0 Å². The predicted octanol–water partition coefficient (Wildman–Crippen LogP) is 0.999. The van der Waals surface area contributed by atoms with E-state index in [1.807, 2.05) is 43.3 Å². The van der Waals surface area contributed by atoms with Gasteiger partial charge in [-0.1, -0.05) is 23.8 Å². The summed E-state index contributed by atoms with van der Waals surface area (Å²) in [6.45, 7) is 2.37. The molecule has 7 heteroatoms. The summed E-state index contributed by atoms with van der Waals surface area (Å²) in [6, 6.07) is 11.3. The maximum absolute atomic E-state index is 12.3. The zero-order valence-electron chi connectivity index (χ0n) is 13.9. The minimum absolute atomic E-state index is 0.0633. The van der Waals surface area contributed by atoms with Crippen LogP contribution in [0.25, 0.3) is 0 Å². The first-order valence-corrected chi connectivity index (χ1v) is 8.01. The molecule has 1 aliphatic heterocycles. The molecule has 2 heterocycles. The van der Waals surface area contributed by atoms with Crippen molar-refractivity contribution in [3.05, 3.63) is 59.9 Å². The second kappa shape index (κ2) is 7.57. The summed E-state index contributed by atoms with van der Waals surface area (Å²) in [6.07, 6.45) is 4.15. The van der Waals surface area contributed by atoms with E-state index in [2.05, 4.69) is 20.7 Å². The van der Waals surface area contributed by atoms with E-state index in [0.717, 1.165) is 11.1 Å². The van der Waals surface area contributed by atoms with Crippen molar-refractivity contribution in [3.63, 3.8) is 0 Å². The van der Waals surface area contributed by atoms with Gasteiger partial charge in [-0.05, 0) is 37.1 Å². The lowest BCUT2D eigenvalue weighted by molar-refractivity contribution is -0.118. The number of anilines is 1. The molecule has 7 nitrogen and oxygen atoms in total. The summed E-state index contributed by atoms with van der Waals surface area (Å²) in [5.41, 5.74) is 5.60. The Morgan fingerprint density at radius 2 is 2.08 bits per heavy atom. The number of hydrogen-bond acceptors (Lipinski definition) is 5. The monoisotopic (exact) mass is 337 g/mol. The summed E-state index contributed by atoms with van der Waals surface area (Å²) in [4.78, 5) is 32.4. The largest absolute Gasteiger partial charge is 0.349 e. The van der Waals surface area contributed by atoms with Crippen molar-refractivity contribution in [1.82, 2.24) is 15.7 Å². The maximum Gasteiger partial charge on any atom is 0.288 e. The highest BCUT2D eigenvalue weighted by Crippen LogP contribution is 2.15. The smallest absolute Gasteiger partial charge is 0.288 e. The van der Waals surface area contributed by atoms with Crippen LogP contribution in [0.3, 0.4) is 0 Å². The van der Waals surface area contributed by atoms with Crippen LogP contribution in [0.1, 0.15) is 11.1 Å². The fourth-order valence-electron chi connectivity index (χ4n) is 2.40. The quantitative estimate of drug-likeness (QED) is 0.852. The van der Waals surface area contributed by atoms with Crippen LogP contribution >= 0.6 is 0 Å². The Kier molecular flexibility index (Phi) is 5.03. The number of aliphatic imine (C=N–C) groups is 1. The zero-order valence-corrected chi connectivity index (χ0v) is 13.9. The van der Waals surface area contributed by atoms with Gasteiger partial charge in [-0.25, -0.2) is 5.01 Å². The van der Waals surface area contributed by atoms with Gasteiger partial charge < -0.3 is 5.32 Å². The van der Waals surface area contributed by atoms with Crippen LogP contribution in [-0.4, -0.2) is 35.7 Å². The van der Waals surface area contributed by atoms with E-state index in [1.165, 1.54) is 5.01 Å². The third-order valence-electron chi connectivity index (χ3n) is 3.77. The lowest BCUT2D eigenvalue weighted by Crippen LogP contribution is -2.55. The van der Waals surface area contributed by atoms with E-state index >= 15 is 0 Å². The van der Waals surface area contributed by atoms with E-state index in [-0.39, 0.29) is 24.2 Å². The SMILES string of the molecule is Cc1ccc(N2NC(C(=O)NCCc3cccnc3)=NCC2=O)cc1. The molecule has 0 aliphatic carbocycles. The summed E-state index contributed by atoms with van der Waals surface area (Å²) < 4.78 is 0. The molecule has 0 radical (unpaired) electrons. The molecule has 1 aliphatic rings. The van der Waals surface area contributed by atoms with Crippen LogP contribution in [-0.2, 0) is 16.0 Å². The number of rotatable bonds is 5. The molecule has 2 aromatic rings. The molecular weight excluding hydrogens is 318 g/mol. The van der Waals surface area contributed by atoms with Crippen LogP contribution in [0.15, 0.2) is 53.8 Å². The van der Waals surface area contributed by atoms with Crippen molar-refractivity contribution in [2.24, 2.45) is 4.99 Å². The van der Waals surface area contributed by atoms with E-state index in [1.54, 1.807) is 12.4 Å². The van der Waals surface area contributed by atoms with Gasteiger partial charge in [0.05, 0.1) is 5.69 Å². The molecule has 0 saturated carbocycles. The number of pyridine rings is 1. The molecule has 1 aromatic heterocycles. The lowest BCUT2D eigenvalue weighted by atomic mass is 10.2. The van der Waals surface area contributed by atoms with Crippen molar-refractivity contribution >= 4 is 23.3 Å². The second-order valence-electron chi connectivity index (χ2n) is 5.71. The highest BCUT2D eigenvalue weighted by molar-refractivity contribution is 6.39. The van der Waals surface area contributed by atoms with Crippen molar-refractivity contribution < 1.29 is 9.59 Å². The van der Waals surface area contributed by atoms with Crippen LogP contribution in [0.2, 0.25) is 0 Å². The Balaban J connectivity index is 1.59. The Bertz CT molecular complexity index is 787. The number of hydrogen-bond donors (Lipinski definition) is 2. The van der Waals surface area contributed by atoms with E-state index in [4.69, 9.17) is 0 Å². The number of carbonyl (C=O) groups is 2. The van der Waals surface area contributed by atoms with Gasteiger partial charge in [0, 0.05) is 18.9 Å². The second-order valence-corrected chi connectivity index (χ2v) is 5.71. The van der Waals surface area contributed by atoms with Crippen molar-refractivity contribution in [2.75, 3.05) is 18.1 Å². The van der Waals surface area contributed by atoms with Crippen LogP contribution in [0.5, 0.6) is 0 Å². The number of carbonyl (C=O) groups excluding carboxylic acids is 2. The number of benzene rings is 1. The molecular formula is C18H19N5O2. The molecule has 0 spiro atoms. The van der Waals surface area contributed by atoms with E-state index in [9.17, 15) is 9.59 Å². The normalized spacial score (nSPS) is 13.9. The number of amides is 2. The Labute approximate surface area is 145 Å². The number of nitrogens with one attached hydrogen (secondary N) is 2. The average Bonchev–Trinajstić information content (AvgIpc) is 2.64. The molecule has 1 aromatic carbocycles. The van der Waals surface area contributed by atoms with Gasteiger partial charge in [-0.3, -0.25) is 25.0 Å². The van der Waals surface area contributed by atoms with Crippen molar-refractivity contribution in [2.45, 2.75) is 13.3 Å². The van der Waals surface area contributed by atoms with E-state index < -0.39 is 0 Å². The van der Waals surface area contributed by atoms with Crippen molar-refractivity contribution in [1.29, 1.82) is 0 Å². The third-order valence-corrected chi connectivity index (χ3v) is 3.77. The van der Waals surface area contributed by atoms with Crippen LogP contribution in [0.4, 0.5) is 5.69 Å². The topological polar surface area (TPSA) is 86.7 Å². The lowest BCUT2D eigenvalue weighted by Gasteiger charge is -2.27. The molecule has 128 valence electrons. The number of aromatic nitrogens is 1. The maximum atomic E-state index is 12.3. The number of aryl methyl sites for hydroxylation is 1. The van der Waals surface area contributed by atoms with Gasteiger partial charge in [-0.2, -0.15) is 0 Å². The summed E-state index contributed by atoms with van der Waals surface area (Å²) in [5, 5.41) is 4.15. The predicted molar refractivity (Wildman–Crippen MR) is 95.1 cm³/mol. The van der Waals surface area contributed by atoms with Crippen LogP contribution in [0, 0.1) is 6.92 Å². The molecule has 0 saturated heterocycles. The Morgan fingerprint density at radius 1 is 1.28 bits per heavy atom. The molecule has 2 N–H and O–H groups in total. The first-order valence-electron chi connectivity index (χ1n) is 8.01. The molecule has 0 bridgehead atoms. The highest BCUT2D eigenvalue weighted by Gasteiger charge is 2.25. The molecule has 25 heavy (non-hydrogen) atoms. The standard InChI is InChI=1S/C18H19N5O2/c1-13-4-6-15(7-5-13)23-16(24)12-21-17(22-23)18(25)20-10-8-14-3-2-9-19-11-14/h2-7,9,11H,8,10,12H2,1H3,(H,20,25)(H,21,22). The fraction of sp³-hybridized carbons (Fsp3) is 0.222. The zero-order chi connectivity index (χ0) is 17.6. The fourth-order valence-corrected chi connectivity index (χ4v) is 2.40. The number of amidine groups is 1. The first kappa shape index (κ1) is 16.6. The molecule has 2 amide bonds. The van der Waals surface area contributed by atoms with E-state index in [0.29, 0.717) is 18.7 Å². The van der Waals surface area contributed by atoms with Gasteiger partial charge in [0.25, 0.3) is 11.8 Å². The Hall–Kier alpha value is -3.22. The molecule has 0 atom stereocenters. The summed E-state index contributed by atoms with van der Waals surface area (Å²) in [5.74, 6) is -0.421. The highest BCUT2D eigenvalue weighted by atomic mass is 16.2. The number of hydrazine groups is 1. The average molecular weight is 337 g/mol. The van der Waals surface area contributed by atoms with Gasteiger partial charge in [0.15, 0.2) is 0 Å².